The van der Waals surface area contributed by atoms with E-state index in [0.29, 0.717) is 5.13 Å². The van der Waals surface area contributed by atoms with E-state index in [1.54, 1.807) is 6.20 Å². The second-order valence-corrected chi connectivity index (χ2v) is 11.4. The van der Waals surface area contributed by atoms with Crippen LogP contribution in [0.4, 0.5) is 5.13 Å². The first-order valence-electron chi connectivity index (χ1n) is 11.2. The quantitative estimate of drug-likeness (QED) is 0.336. The van der Waals surface area contributed by atoms with Crippen LogP contribution in [0.1, 0.15) is 16.1 Å². The molecule has 0 bridgehead atoms. The molecule has 2 amide bonds. The summed E-state index contributed by atoms with van der Waals surface area (Å²) in [7, 11) is 0.514. The van der Waals surface area contributed by atoms with Gasteiger partial charge in [0.15, 0.2) is 5.13 Å². The lowest BCUT2D eigenvalue weighted by atomic mass is 10.0. The molecule has 0 radical (unpaired) electrons. The van der Waals surface area contributed by atoms with Crippen molar-refractivity contribution in [3.8, 4) is 22.4 Å². The van der Waals surface area contributed by atoms with Crippen molar-refractivity contribution < 1.29 is 18.0 Å². The number of rotatable bonds is 9. The van der Waals surface area contributed by atoms with Crippen LogP contribution < -0.4 is 10.6 Å². The van der Waals surface area contributed by atoms with E-state index in [9.17, 15) is 18.0 Å². The summed E-state index contributed by atoms with van der Waals surface area (Å²) in [6.07, 6.45) is 5.30. The van der Waals surface area contributed by atoms with Gasteiger partial charge in [-0.25, -0.2) is 13.4 Å². The molecule has 0 aliphatic heterocycles. The fraction of sp³-hybridized carbons (Fsp3) is 0.200. The Hall–Kier alpha value is -3.87. The largest absolute Gasteiger partial charge is 0.343 e. The number of nitrogens with one attached hydrogen (secondary N) is 2. The molecule has 3 heterocycles. The van der Waals surface area contributed by atoms with E-state index in [1.807, 2.05) is 49.8 Å². The molecule has 0 aliphatic carbocycles. The first kappa shape index (κ1) is 26.2. The minimum absolute atomic E-state index is 0.137. The molecule has 0 aliphatic rings. The highest BCUT2D eigenvalue weighted by Gasteiger charge is 2.14. The van der Waals surface area contributed by atoms with Crippen LogP contribution in [0.5, 0.6) is 0 Å². The van der Waals surface area contributed by atoms with Crippen molar-refractivity contribution in [3.63, 3.8) is 0 Å². The predicted octanol–water partition coefficient (Wildman–Crippen LogP) is 2.91. The third-order valence-corrected chi connectivity index (χ3v) is 7.01. The molecule has 37 heavy (non-hydrogen) atoms. The van der Waals surface area contributed by atoms with Gasteiger partial charge >= 0.3 is 0 Å². The Kier molecular flexibility index (Phi) is 7.81. The highest BCUT2D eigenvalue weighted by Crippen LogP contribution is 2.29. The van der Waals surface area contributed by atoms with Crippen molar-refractivity contribution in [1.82, 2.24) is 24.2 Å². The van der Waals surface area contributed by atoms with Gasteiger partial charge in [-0.2, -0.15) is 0 Å². The van der Waals surface area contributed by atoms with Crippen molar-refractivity contribution in [3.05, 3.63) is 77.7 Å². The first-order valence-corrected chi connectivity index (χ1v) is 13.9. The van der Waals surface area contributed by atoms with Gasteiger partial charge in [-0.1, -0.05) is 18.2 Å². The summed E-state index contributed by atoms with van der Waals surface area (Å²) in [5.41, 5.74) is 4.83. The number of benzene rings is 1. The number of thiazole rings is 1. The van der Waals surface area contributed by atoms with Crippen molar-refractivity contribution >= 4 is 38.3 Å². The molecule has 4 aromatic rings. The van der Waals surface area contributed by atoms with Gasteiger partial charge in [-0.15, -0.1) is 11.3 Å². The van der Waals surface area contributed by atoms with Crippen LogP contribution in [-0.4, -0.2) is 66.0 Å². The molecule has 0 unspecified atom stereocenters. The maximum absolute atomic E-state index is 12.3. The zero-order valence-corrected chi connectivity index (χ0v) is 22.1. The number of carbonyl (C=O) groups excluding carboxylic acids is 2. The Labute approximate surface area is 219 Å². The molecule has 2 N–H and O–H groups in total. The van der Waals surface area contributed by atoms with Crippen LogP contribution in [-0.2, 0) is 21.4 Å². The van der Waals surface area contributed by atoms with Crippen molar-refractivity contribution in [2.45, 2.75) is 6.54 Å². The minimum Gasteiger partial charge on any atom is -0.343 e. The van der Waals surface area contributed by atoms with Gasteiger partial charge in [0.2, 0.25) is 15.9 Å². The Balaban J connectivity index is 1.38. The van der Waals surface area contributed by atoms with E-state index in [-0.39, 0.29) is 12.1 Å². The summed E-state index contributed by atoms with van der Waals surface area (Å²) in [4.78, 5) is 35.6. The van der Waals surface area contributed by atoms with Gasteiger partial charge < -0.3 is 15.5 Å². The normalized spacial score (nSPS) is 11.5. The fourth-order valence-electron chi connectivity index (χ4n) is 3.53. The molecular formula is C25H26N6O4S2. The molecule has 192 valence electrons. The van der Waals surface area contributed by atoms with Crippen LogP contribution in [0.3, 0.4) is 0 Å². The Morgan fingerprint density at radius 2 is 1.84 bits per heavy atom. The van der Waals surface area contributed by atoms with E-state index in [4.69, 9.17) is 0 Å². The lowest BCUT2D eigenvalue weighted by Gasteiger charge is -2.10. The second kappa shape index (κ2) is 11.0. The highest BCUT2D eigenvalue weighted by molar-refractivity contribution is 7.89. The van der Waals surface area contributed by atoms with Gasteiger partial charge in [0.05, 0.1) is 29.8 Å². The lowest BCUT2D eigenvalue weighted by Crippen LogP contribution is -2.32. The monoisotopic (exact) mass is 538 g/mol. The fourth-order valence-corrected chi connectivity index (χ4v) is 4.86. The zero-order chi connectivity index (χ0) is 26.6. The smallest absolute Gasteiger partial charge is 0.253 e. The number of nitrogens with zero attached hydrogens (tertiary/aromatic N) is 4. The van der Waals surface area contributed by atoms with E-state index < -0.39 is 21.8 Å². The van der Waals surface area contributed by atoms with E-state index in [1.165, 1.54) is 29.8 Å². The second-order valence-electron chi connectivity index (χ2n) is 8.62. The molecule has 0 saturated carbocycles. The third-order valence-electron chi connectivity index (χ3n) is 5.26. The summed E-state index contributed by atoms with van der Waals surface area (Å²) in [5, 5.41) is 7.41. The van der Waals surface area contributed by atoms with Gasteiger partial charge in [0, 0.05) is 36.1 Å². The maximum Gasteiger partial charge on any atom is 0.253 e. The topological polar surface area (TPSA) is 126 Å². The number of hydrogen-bond donors (Lipinski definition) is 2. The average molecular weight is 539 g/mol. The summed E-state index contributed by atoms with van der Waals surface area (Å²) in [6.45, 7) is 0.459. The van der Waals surface area contributed by atoms with Gasteiger partial charge in [0.25, 0.3) is 5.91 Å². The standard InChI is InChI=1S/C25H26N6O4S2/c1-30(2)15-21-12-18(7-9-26-21)17-5-4-6-19(11-17)22-16-36-25(28-22)29-23(32)13-27-24(33)20-8-10-31(14-20)37(3,34)35/h4-12,14,16H,13,15H2,1-3H3,(H,27,33)(H,28,29,32). The molecule has 0 spiro atoms. The minimum atomic E-state index is -3.49. The van der Waals surface area contributed by atoms with E-state index >= 15 is 0 Å². The molecule has 1 aromatic carbocycles. The Morgan fingerprint density at radius 1 is 1.08 bits per heavy atom. The van der Waals surface area contributed by atoms with Crippen LogP contribution in [0.2, 0.25) is 0 Å². The molecule has 0 fully saturated rings. The summed E-state index contributed by atoms with van der Waals surface area (Å²) >= 11 is 1.28. The first-order chi connectivity index (χ1) is 17.6. The zero-order valence-electron chi connectivity index (χ0n) is 20.5. The van der Waals surface area contributed by atoms with Crippen LogP contribution in [0, 0.1) is 0 Å². The number of amides is 2. The number of pyridine rings is 1. The molecule has 12 heteroatoms. The van der Waals surface area contributed by atoms with Crippen LogP contribution >= 0.6 is 11.3 Å². The Bertz CT molecular complexity index is 1540. The summed E-state index contributed by atoms with van der Waals surface area (Å²) in [6, 6.07) is 13.4. The van der Waals surface area contributed by atoms with Crippen LogP contribution in [0.25, 0.3) is 22.4 Å². The maximum atomic E-state index is 12.3. The third kappa shape index (κ3) is 6.88. The van der Waals surface area contributed by atoms with Crippen molar-refractivity contribution in [1.29, 1.82) is 0 Å². The van der Waals surface area contributed by atoms with E-state index in [0.717, 1.165) is 44.9 Å². The Morgan fingerprint density at radius 3 is 2.57 bits per heavy atom. The average Bonchev–Trinajstić information content (AvgIpc) is 3.53. The number of aromatic nitrogens is 3. The predicted molar refractivity (Wildman–Crippen MR) is 144 cm³/mol. The van der Waals surface area contributed by atoms with Gasteiger partial charge in [0.1, 0.15) is 0 Å². The SMILES string of the molecule is CN(C)Cc1cc(-c2cccc(-c3csc(NC(=O)CNC(=O)c4ccn(S(C)(=O)=O)c4)n3)c2)ccn1. The van der Waals surface area contributed by atoms with Crippen molar-refractivity contribution in [2.24, 2.45) is 0 Å². The number of hydrogen-bond acceptors (Lipinski definition) is 8. The molecule has 3 aromatic heterocycles. The molecule has 0 saturated heterocycles. The molecule has 0 atom stereocenters. The molecule has 10 nitrogen and oxygen atoms in total. The summed E-state index contributed by atoms with van der Waals surface area (Å²) < 4.78 is 24.0. The molecular weight excluding hydrogens is 512 g/mol. The van der Waals surface area contributed by atoms with Crippen molar-refractivity contribution in [2.75, 3.05) is 32.2 Å². The van der Waals surface area contributed by atoms with Crippen LogP contribution in [0.15, 0.2) is 66.4 Å². The number of anilines is 1. The van der Waals surface area contributed by atoms with Gasteiger partial charge in [-0.05, 0) is 49.5 Å². The number of carbonyl (C=O) groups is 2. The van der Waals surface area contributed by atoms with Gasteiger partial charge in [-0.3, -0.25) is 18.5 Å². The molecule has 4 rings (SSSR count). The highest BCUT2D eigenvalue weighted by atomic mass is 32.2. The summed E-state index contributed by atoms with van der Waals surface area (Å²) in [5.74, 6) is -1.00. The van der Waals surface area contributed by atoms with E-state index in [2.05, 4.69) is 31.6 Å². The lowest BCUT2D eigenvalue weighted by molar-refractivity contribution is -0.115.